The SMILES string of the molecule is N#Cc1ccccc1NC(=O)COCc1ccccc1F. The summed E-state index contributed by atoms with van der Waals surface area (Å²) in [5.74, 6) is -0.762. The van der Waals surface area contributed by atoms with Gasteiger partial charge in [0.05, 0.1) is 17.9 Å². The fraction of sp³-hybridized carbons (Fsp3) is 0.125. The van der Waals surface area contributed by atoms with Crippen molar-refractivity contribution in [1.29, 1.82) is 5.26 Å². The second-order valence-corrected chi connectivity index (χ2v) is 4.29. The molecule has 0 bridgehead atoms. The number of nitrogens with zero attached hydrogens (tertiary/aromatic N) is 1. The normalized spacial score (nSPS) is 9.90. The van der Waals surface area contributed by atoms with E-state index in [1.165, 1.54) is 6.07 Å². The predicted octanol–water partition coefficient (Wildman–Crippen LogP) is 2.85. The number of ether oxygens (including phenoxy) is 1. The summed E-state index contributed by atoms with van der Waals surface area (Å²) in [4.78, 5) is 11.7. The van der Waals surface area contributed by atoms with E-state index >= 15 is 0 Å². The Morgan fingerprint density at radius 2 is 1.90 bits per heavy atom. The molecule has 0 atom stereocenters. The number of benzene rings is 2. The van der Waals surface area contributed by atoms with Gasteiger partial charge in [-0.05, 0) is 18.2 Å². The molecule has 2 rings (SSSR count). The van der Waals surface area contributed by atoms with Gasteiger partial charge in [-0.25, -0.2) is 4.39 Å². The van der Waals surface area contributed by atoms with Crippen molar-refractivity contribution in [3.8, 4) is 6.07 Å². The van der Waals surface area contributed by atoms with E-state index in [0.29, 0.717) is 16.8 Å². The number of anilines is 1. The predicted molar refractivity (Wildman–Crippen MR) is 75.8 cm³/mol. The molecule has 1 N–H and O–H groups in total. The van der Waals surface area contributed by atoms with E-state index in [9.17, 15) is 9.18 Å². The van der Waals surface area contributed by atoms with Crippen molar-refractivity contribution in [1.82, 2.24) is 0 Å². The van der Waals surface area contributed by atoms with Crippen molar-refractivity contribution >= 4 is 11.6 Å². The van der Waals surface area contributed by atoms with Crippen LogP contribution >= 0.6 is 0 Å². The van der Waals surface area contributed by atoms with Gasteiger partial charge in [-0.1, -0.05) is 30.3 Å². The second-order valence-electron chi connectivity index (χ2n) is 4.29. The molecule has 0 saturated carbocycles. The Balaban J connectivity index is 1.86. The Morgan fingerprint density at radius 3 is 2.67 bits per heavy atom. The number of carbonyl (C=O) groups is 1. The molecule has 0 aliphatic rings. The van der Waals surface area contributed by atoms with Crippen LogP contribution in [-0.2, 0) is 16.1 Å². The minimum Gasteiger partial charge on any atom is -0.367 e. The van der Waals surface area contributed by atoms with E-state index in [1.807, 2.05) is 6.07 Å². The van der Waals surface area contributed by atoms with Crippen LogP contribution in [0.1, 0.15) is 11.1 Å². The molecule has 0 saturated heterocycles. The van der Waals surface area contributed by atoms with Gasteiger partial charge in [0.25, 0.3) is 0 Å². The van der Waals surface area contributed by atoms with Crippen LogP contribution in [0.3, 0.4) is 0 Å². The largest absolute Gasteiger partial charge is 0.367 e. The molecule has 0 aliphatic heterocycles. The number of halogens is 1. The van der Waals surface area contributed by atoms with E-state index in [0.717, 1.165) is 0 Å². The minimum absolute atomic E-state index is 0.0139. The van der Waals surface area contributed by atoms with E-state index in [4.69, 9.17) is 10.00 Å². The lowest BCUT2D eigenvalue weighted by Gasteiger charge is -2.08. The average Bonchev–Trinajstić information content (AvgIpc) is 2.50. The van der Waals surface area contributed by atoms with Crippen molar-refractivity contribution in [3.63, 3.8) is 0 Å². The van der Waals surface area contributed by atoms with Crippen LogP contribution in [0.2, 0.25) is 0 Å². The van der Waals surface area contributed by atoms with Crippen LogP contribution in [0.4, 0.5) is 10.1 Å². The van der Waals surface area contributed by atoms with Crippen LogP contribution in [0.15, 0.2) is 48.5 Å². The summed E-state index contributed by atoms with van der Waals surface area (Å²) < 4.78 is 18.5. The molecule has 0 radical (unpaired) electrons. The van der Waals surface area contributed by atoms with Gasteiger partial charge in [0.15, 0.2) is 0 Å². The van der Waals surface area contributed by atoms with Gasteiger partial charge in [-0.15, -0.1) is 0 Å². The Bertz CT molecular complexity index is 680. The summed E-state index contributed by atoms with van der Waals surface area (Å²) in [5, 5.41) is 11.5. The maximum absolute atomic E-state index is 13.3. The lowest BCUT2D eigenvalue weighted by Crippen LogP contribution is -2.19. The number of nitrogens with one attached hydrogen (secondary N) is 1. The van der Waals surface area contributed by atoms with E-state index in [2.05, 4.69) is 5.32 Å². The van der Waals surface area contributed by atoms with Crippen LogP contribution in [-0.4, -0.2) is 12.5 Å². The highest BCUT2D eigenvalue weighted by molar-refractivity contribution is 5.92. The molecule has 2 aromatic carbocycles. The van der Waals surface area contributed by atoms with E-state index in [-0.39, 0.29) is 19.0 Å². The van der Waals surface area contributed by atoms with Crippen molar-refractivity contribution in [2.24, 2.45) is 0 Å². The van der Waals surface area contributed by atoms with Gasteiger partial charge in [-0.2, -0.15) is 5.26 Å². The topological polar surface area (TPSA) is 62.1 Å². The molecule has 2 aromatic rings. The highest BCUT2D eigenvalue weighted by Crippen LogP contribution is 2.13. The summed E-state index contributed by atoms with van der Waals surface area (Å²) in [6, 6.07) is 14.9. The van der Waals surface area contributed by atoms with Crippen LogP contribution < -0.4 is 5.32 Å². The number of nitriles is 1. The first kappa shape index (κ1) is 14.7. The molecule has 0 heterocycles. The van der Waals surface area contributed by atoms with Crippen LogP contribution in [0.25, 0.3) is 0 Å². The molecule has 21 heavy (non-hydrogen) atoms. The Labute approximate surface area is 121 Å². The van der Waals surface area contributed by atoms with Crippen LogP contribution in [0, 0.1) is 17.1 Å². The third kappa shape index (κ3) is 4.13. The molecule has 0 aromatic heterocycles. The van der Waals surface area contributed by atoms with E-state index in [1.54, 1.807) is 42.5 Å². The summed E-state index contributed by atoms with van der Waals surface area (Å²) in [6.45, 7) is -0.200. The Kier molecular flexibility index (Phi) is 5.02. The molecular formula is C16H13FN2O2. The van der Waals surface area contributed by atoms with E-state index < -0.39 is 5.91 Å². The lowest BCUT2D eigenvalue weighted by atomic mass is 10.2. The highest BCUT2D eigenvalue weighted by Gasteiger charge is 2.07. The van der Waals surface area contributed by atoms with Crippen molar-refractivity contribution in [3.05, 3.63) is 65.5 Å². The molecule has 0 spiro atoms. The maximum Gasteiger partial charge on any atom is 0.250 e. The molecular weight excluding hydrogens is 271 g/mol. The van der Waals surface area contributed by atoms with Gasteiger partial charge in [0, 0.05) is 5.56 Å². The first-order valence-corrected chi connectivity index (χ1v) is 6.31. The standard InChI is InChI=1S/C16H13FN2O2/c17-14-7-3-1-6-13(14)10-21-11-16(20)19-15-8-4-2-5-12(15)9-18/h1-8H,10-11H2,(H,19,20). The number of hydrogen-bond donors (Lipinski definition) is 1. The quantitative estimate of drug-likeness (QED) is 0.918. The lowest BCUT2D eigenvalue weighted by molar-refractivity contribution is -0.121. The number of para-hydroxylation sites is 1. The third-order valence-electron chi connectivity index (χ3n) is 2.77. The van der Waals surface area contributed by atoms with Crippen LogP contribution in [0.5, 0.6) is 0 Å². The maximum atomic E-state index is 13.3. The fourth-order valence-corrected chi connectivity index (χ4v) is 1.75. The summed E-state index contributed by atoms with van der Waals surface area (Å²) in [5.41, 5.74) is 1.20. The monoisotopic (exact) mass is 284 g/mol. The molecule has 1 amide bonds. The summed E-state index contributed by atoms with van der Waals surface area (Å²) >= 11 is 0. The molecule has 106 valence electrons. The number of hydrogen-bond acceptors (Lipinski definition) is 3. The zero-order chi connectivity index (χ0) is 15.1. The Hall–Kier alpha value is -2.71. The van der Waals surface area contributed by atoms with Crippen molar-refractivity contribution in [2.45, 2.75) is 6.61 Å². The molecule has 0 fully saturated rings. The zero-order valence-electron chi connectivity index (χ0n) is 11.2. The van der Waals surface area contributed by atoms with Crippen molar-refractivity contribution < 1.29 is 13.9 Å². The smallest absolute Gasteiger partial charge is 0.250 e. The molecule has 5 heteroatoms. The third-order valence-corrected chi connectivity index (χ3v) is 2.77. The minimum atomic E-state index is -0.394. The zero-order valence-corrected chi connectivity index (χ0v) is 11.2. The van der Waals surface area contributed by atoms with Crippen molar-refractivity contribution in [2.75, 3.05) is 11.9 Å². The first-order chi connectivity index (χ1) is 10.2. The molecule has 0 unspecified atom stereocenters. The summed E-state index contributed by atoms with van der Waals surface area (Å²) in [6.07, 6.45) is 0. The van der Waals surface area contributed by atoms with Gasteiger partial charge in [0.1, 0.15) is 18.5 Å². The van der Waals surface area contributed by atoms with Gasteiger partial charge >= 0.3 is 0 Å². The van der Waals surface area contributed by atoms with Gasteiger partial charge in [-0.3, -0.25) is 4.79 Å². The number of rotatable bonds is 5. The molecule has 0 aliphatic carbocycles. The summed E-state index contributed by atoms with van der Waals surface area (Å²) in [7, 11) is 0. The van der Waals surface area contributed by atoms with Gasteiger partial charge in [0.2, 0.25) is 5.91 Å². The number of amides is 1. The average molecular weight is 284 g/mol. The second kappa shape index (κ2) is 7.17. The number of carbonyl (C=O) groups excluding carboxylic acids is 1. The first-order valence-electron chi connectivity index (χ1n) is 6.31. The molecule has 4 nitrogen and oxygen atoms in total. The highest BCUT2D eigenvalue weighted by atomic mass is 19.1. The van der Waals surface area contributed by atoms with Gasteiger partial charge < -0.3 is 10.1 Å². The fourth-order valence-electron chi connectivity index (χ4n) is 1.75. The Morgan fingerprint density at radius 1 is 1.19 bits per heavy atom.